The summed E-state index contributed by atoms with van der Waals surface area (Å²) in [7, 11) is 0. The predicted octanol–water partition coefficient (Wildman–Crippen LogP) is 2.15. The summed E-state index contributed by atoms with van der Waals surface area (Å²) in [6.07, 6.45) is 1.85. The van der Waals surface area contributed by atoms with Crippen LogP contribution in [0.15, 0.2) is 21.9 Å². The third-order valence-corrected chi connectivity index (χ3v) is 5.91. The number of hydrogen-bond donors (Lipinski definition) is 1. The van der Waals surface area contributed by atoms with Crippen molar-refractivity contribution in [2.45, 2.75) is 19.8 Å². The van der Waals surface area contributed by atoms with Gasteiger partial charge in [0.15, 0.2) is 11.1 Å². The Labute approximate surface area is 144 Å². The Morgan fingerprint density at radius 2 is 2.13 bits per heavy atom. The van der Waals surface area contributed by atoms with Crippen LogP contribution in [0.5, 0.6) is 0 Å². The minimum absolute atomic E-state index is 0.309. The van der Waals surface area contributed by atoms with E-state index >= 15 is 0 Å². The normalized spacial score (nSPS) is 17.6. The molecule has 1 saturated heterocycles. The monoisotopic (exact) mass is 350 g/mol. The van der Waals surface area contributed by atoms with Crippen molar-refractivity contribution in [3.8, 4) is 0 Å². The number of guanidine groups is 1. The first-order valence-electron chi connectivity index (χ1n) is 7.75. The molecule has 1 aliphatic rings. The van der Waals surface area contributed by atoms with Crippen molar-refractivity contribution in [1.29, 1.82) is 0 Å². The van der Waals surface area contributed by atoms with Gasteiger partial charge in [0, 0.05) is 54.7 Å². The van der Waals surface area contributed by atoms with Crippen LogP contribution in [0.4, 0.5) is 5.13 Å². The lowest BCUT2D eigenvalue weighted by molar-refractivity contribution is 0.380. The van der Waals surface area contributed by atoms with Crippen LogP contribution in [0, 0.1) is 6.92 Å². The summed E-state index contributed by atoms with van der Waals surface area (Å²) in [5.74, 6) is 0.952. The molecule has 0 aromatic carbocycles. The zero-order valence-corrected chi connectivity index (χ0v) is 15.1. The molecule has 0 amide bonds. The molecule has 3 rings (SSSR count). The summed E-state index contributed by atoms with van der Waals surface area (Å²) >= 11 is 3.38. The summed E-state index contributed by atoms with van der Waals surface area (Å²) in [4.78, 5) is 17.9. The van der Waals surface area contributed by atoms with Gasteiger partial charge in [-0.3, -0.25) is 4.99 Å². The smallest absolute Gasteiger partial charge is 0.191 e. The molecular formula is C15H22N6S2. The standard InChI is InChI=1S/C15H22N6S2/c1-11(13-19-12(2)10-23-13)9-18-14(16)20-4-6-21(7-5-20)15-17-3-8-22-15/h3,8,10-11H,4-7,9H2,1-2H3,(H2,16,18). The Hall–Kier alpha value is -1.67. The molecule has 23 heavy (non-hydrogen) atoms. The zero-order valence-electron chi connectivity index (χ0n) is 13.5. The highest BCUT2D eigenvalue weighted by atomic mass is 32.1. The molecule has 3 heterocycles. The lowest BCUT2D eigenvalue weighted by atomic mass is 10.2. The van der Waals surface area contributed by atoms with Gasteiger partial charge in [0.05, 0.1) is 11.6 Å². The summed E-state index contributed by atoms with van der Waals surface area (Å²) in [6, 6.07) is 0. The van der Waals surface area contributed by atoms with Crippen LogP contribution in [0.3, 0.4) is 0 Å². The second-order valence-corrected chi connectivity index (χ2v) is 7.48. The second-order valence-electron chi connectivity index (χ2n) is 5.72. The number of aliphatic imine (C=N–C) groups is 1. The van der Waals surface area contributed by atoms with Gasteiger partial charge in [0.25, 0.3) is 0 Å². The molecular weight excluding hydrogens is 328 g/mol. The van der Waals surface area contributed by atoms with Crippen LogP contribution < -0.4 is 10.6 Å². The SMILES string of the molecule is Cc1csc(C(C)CN=C(N)N2CCN(c3nccs3)CC2)n1. The summed E-state index contributed by atoms with van der Waals surface area (Å²) in [5, 5.41) is 6.32. The quantitative estimate of drug-likeness (QED) is 0.676. The van der Waals surface area contributed by atoms with Crippen molar-refractivity contribution in [3.63, 3.8) is 0 Å². The molecule has 2 aromatic heterocycles. The van der Waals surface area contributed by atoms with E-state index in [1.165, 1.54) is 0 Å². The molecule has 124 valence electrons. The van der Waals surface area contributed by atoms with E-state index in [0.717, 1.165) is 42.0 Å². The van der Waals surface area contributed by atoms with E-state index in [9.17, 15) is 0 Å². The third kappa shape index (κ3) is 4.00. The maximum atomic E-state index is 6.17. The van der Waals surface area contributed by atoms with E-state index < -0.39 is 0 Å². The van der Waals surface area contributed by atoms with E-state index in [1.807, 2.05) is 18.5 Å². The van der Waals surface area contributed by atoms with Crippen molar-refractivity contribution in [2.75, 3.05) is 37.6 Å². The molecule has 0 radical (unpaired) electrons. The molecule has 1 unspecified atom stereocenters. The fourth-order valence-electron chi connectivity index (χ4n) is 2.51. The van der Waals surface area contributed by atoms with Crippen LogP contribution in [0.25, 0.3) is 0 Å². The highest BCUT2D eigenvalue weighted by Crippen LogP contribution is 2.21. The third-order valence-electron chi connectivity index (χ3n) is 3.88. The van der Waals surface area contributed by atoms with Crippen molar-refractivity contribution < 1.29 is 0 Å². The first-order valence-corrected chi connectivity index (χ1v) is 9.50. The Morgan fingerprint density at radius 1 is 1.35 bits per heavy atom. The van der Waals surface area contributed by atoms with E-state index in [1.54, 1.807) is 22.7 Å². The fourth-order valence-corrected chi connectivity index (χ4v) is 4.05. The number of hydrogen-bond acceptors (Lipinski definition) is 6. The van der Waals surface area contributed by atoms with Crippen LogP contribution in [0.1, 0.15) is 23.5 Å². The average Bonchev–Trinajstić information content (AvgIpc) is 3.24. The number of aryl methyl sites for hydroxylation is 1. The summed E-state index contributed by atoms with van der Waals surface area (Å²) in [5.41, 5.74) is 7.25. The summed E-state index contributed by atoms with van der Waals surface area (Å²) < 4.78 is 0. The maximum Gasteiger partial charge on any atom is 0.191 e. The first kappa shape index (κ1) is 16.2. The molecule has 8 heteroatoms. The minimum atomic E-state index is 0.309. The Bertz CT molecular complexity index is 643. The van der Waals surface area contributed by atoms with Crippen molar-refractivity contribution >= 4 is 33.8 Å². The van der Waals surface area contributed by atoms with Crippen LogP contribution >= 0.6 is 22.7 Å². The molecule has 6 nitrogen and oxygen atoms in total. The van der Waals surface area contributed by atoms with Gasteiger partial charge in [-0.2, -0.15) is 0 Å². The Morgan fingerprint density at radius 3 is 2.74 bits per heavy atom. The van der Waals surface area contributed by atoms with Gasteiger partial charge in [0.1, 0.15) is 0 Å². The number of nitrogens with two attached hydrogens (primary N) is 1. The van der Waals surface area contributed by atoms with Crippen LogP contribution in [-0.4, -0.2) is 53.6 Å². The minimum Gasteiger partial charge on any atom is -0.370 e. The molecule has 1 aliphatic heterocycles. The highest BCUT2D eigenvalue weighted by molar-refractivity contribution is 7.13. The van der Waals surface area contributed by atoms with E-state index in [4.69, 9.17) is 5.73 Å². The van der Waals surface area contributed by atoms with Gasteiger partial charge in [-0.25, -0.2) is 9.97 Å². The highest BCUT2D eigenvalue weighted by Gasteiger charge is 2.20. The van der Waals surface area contributed by atoms with Gasteiger partial charge in [-0.05, 0) is 6.92 Å². The topological polar surface area (TPSA) is 70.6 Å². The lowest BCUT2D eigenvalue weighted by Gasteiger charge is -2.35. The molecule has 0 bridgehead atoms. The molecule has 1 atom stereocenters. The maximum absolute atomic E-state index is 6.17. The van der Waals surface area contributed by atoms with E-state index in [-0.39, 0.29) is 0 Å². The first-order chi connectivity index (χ1) is 11.1. The van der Waals surface area contributed by atoms with Gasteiger partial charge in [-0.1, -0.05) is 6.92 Å². The largest absolute Gasteiger partial charge is 0.370 e. The molecule has 0 saturated carbocycles. The van der Waals surface area contributed by atoms with Crippen LogP contribution in [0.2, 0.25) is 0 Å². The number of piperazine rings is 1. The van der Waals surface area contributed by atoms with Crippen molar-refractivity contribution in [2.24, 2.45) is 10.7 Å². The zero-order chi connectivity index (χ0) is 16.2. The molecule has 0 spiro atoms. The Kier molecular flexibility index (Phi) is 5.12. The fraction of sp³-hybridized carbons (Fsp3) is 0.533. The van der Waals surface area contributed by atoms with Crippen molar-refractivity contribution in [1.82, 2.24) is 14.9 Å². The molecule has 1 fully saturated rings. The molecule has 0 aliphatic carbocycles. The predicted molar refractivity (Wildman–Crippen MR) is 97.7 cm³/mol. The number of rotatable bonds is 4. The average molecular weight is 351 g/mol. The number of thiazole rings is 2. The molecule has 2 aromatic rings. The lowest BCUT2D eigenvalue weighted by Crippen LogP contribution is -2.51. The Balaban J connectivity index is 1.51. The van der Waals surface area contributed by atoms with Gasteiger partial charge < -0.3 is 15.5 Å². The van der Waals surface area contributed by atoms with Gasteiger partial charge in [-0.15, -0.1) is 22.7 Å². The van der Waals surface area contributed by atoms with Gasteiger partial charge in [0.2, 0.25) is 0 Å². The van der Waals surface area contributed by atoms with Gasteiger partial charge >= 0.3 is 0 Å². The second kappa shape index (κ2) is 7.27. The van der Waals surface area contributed by atoms with Crippen LogP contribution in [-0.2, 0) is 0 Å². The number of aromatic nitrogens is 2. The summed E-state index contributed by atoms with van der Waals surface area (Å²) in [6.45, 7) is 8.50. The van der Waals surface area contributed by atoms with E-state index in [2.05, 4.69) is 37.1 Å². The van der Waals surface area contributed by atoms with E-state index in [0.29, 0.717) is 18.4 Å². The van der Waals surface area contributed by atoms with Crippen molar-refractivity contribution in [3.05, 3.63) is 27.7 Å². The number of anilines is 1. The molecule has 2 N–H and O–H groups in total. The number of nitrogens with zero attached hydrogens (tertiary/aromatic N) is 5.